The molecule has 146 valence electrons. The van der Waals surface area contributed by atoms with E-state index >= 15 is 0 Å². The average Bonchev–Trinajstić information content (AvgIpc) is 2.68. The molecular weight excluding hydrogens is 402 g/mol. The lowest BCUT2D eigenvalue weighted by atomic mass is 10.2. The lowest BCUT2D eigenvalue weighted by Crippen LogP contribution is -2.11. The number of rotatable bonds is 7. The maximum Gasteiger partial charge on any atom is 0.340 e. The van der Waals surface area contributed by atoms with Crippen LogP contribution in [0.5, 0.6) is 5.88 Å². The van der Waals surface area contributed by atoms with E-state index in [-0.39, 0.29) is 22.3 Å². The first-order valence-corrected chi connectivity index (χ1v) is 11.0. The predicted octanol–water partition coefficient (Wildman–Crippen LogP) is 3.06. The van der Waals surface area contributed by atoms with E-state index in [2.05, 4.69) is 4.98 Å². The highest BCUT2D eigenvalue weighted by Crippen LogP contribution is 2.19. The first-order valence-electron chi connectivity index (χ1n) is 8.17. The summed E-state index contributed by atoms with van der Waals surface area (Å²) >= 11 is 0. The minimum absolute atomic E-state index is 0.0425. The van der Waals surface area contributed by atoms with Crippen molar-refractivity contribution in [2.24, 2.45) is 0 Å². The van der Waals surface area contributed by atoms with Crippen LogP contribution in [-0.4, -0.2) is 21.8 Å². The van der Waals surface area contributed by atoms with Crippen molar-refractivity contribution in [1.82, 2.24) is 4.98 Å². The van der Waals surface area contributed by atoms with Gasteiger partial charge >= 0.3 is 10.1 Å². The highest BCUT2D eigenvalue weighted by molar-refractivity contribution is 7.87. The molecule has 1 aromatic heterocycles. The standard InChI is InChI=1S/C19H17NO6S2/c1-15-5-9-17(10-6-15)27(21,22)25-14-16-7-11-18(12-8-16)28(23,24)26-19-4-2-3-13-20-19/h2-13H,14H2,1H3. The van der Waals surface area contributed by atoms with E-state index in [0.29, 0.717) is 5.56 Å². The van der Waals surface area contributed by atoms with Crippen LogP contribution < -0.4 is 4.18 Å². The smallest absolute Gasteiger partial charge is 0.340 e. The molecule has 0 radical (unpaired) electrons. The van der Waals surface area contributed by atoms with Crippen LogP contribution in [0.2, 0.25) is 0 Å². The molecule has 0 amide bonds. The Morgan fingerprint density at radius 1 is 0.786 bits per heavy atom. The third kappa shape index (κ3) is 4.94. The molecule has 0 aliphatic heterocycles. The highest BCUT2D eigenvalue weighted by Gasteiger charge is 2.18. The van der Waals surface area contributed by atoms with Gasteiger partial charge in [-0.15, -0.1) is 0 Å². The molecule has 0 fully saturated rings. The zero-order valence-corrected chi connectivity index (χ0v) is 16.5. The maximum absolute atomic E-state index is 12.3. The Bertz CT molecular complexity index is 1140. The molecule has 0 aliphatic carbocycles. The zero-order chi connectivity index (χ0) is 20.2. The largest absolute Gasteiger partial charge is 0.358 e. The number of aromatic nitrogens is 1. The lowest BCUT2D eigenvalue weighted by Gasteiger charge is -2.08. The van der Waals surface area contributed by atoms with E-state index in [0.717, 1.165) is 5.56 Å². The molecule has 0 saturated carbocycles. The van der Waals surface area contributed by atoms with Gasteiger partial charge in [-0.3, -0.25) is 4.18 Å². The Balaban J connectivity index is 1.68. The van der Waals surface area contributed by atoms with Gasteiger partial charge in [0.05, 0.1) is 11.5 Å². The van der Waals surface area contributed by atoms with Gasteiger partial charge in [0.1, 0.15) is 4.90 Å². The fraction of sp³-hybridized carbons (Fsp3) is 0.105. The van der Waals surface area contributed by atoms with Gasteiger partial charge in [-0.1, -0.05) is 35.9 Å². The van der Waals surface area contributed by atoms with Gasteiger partial charge in [0.25, 0.3) is 10.1 Å². The summed E-state index contributed by atoms with van der Waals surface area (Å²) in [6, 6.07) is 16.5. The second kappa shape index (κ2) is 8.09. The quantitative estimate of drug-likeness (QED) is 0.543. The molecule has 0 unspecified atom stereocenters. The van der Waals surface area contributed by atoms with Crippen molar-refractivity contribution in [2.75, 3.05) is 0 Å². The van der Waals surface area contributed by atoms with Crippen molar-refractivity contribution in [3.8, 4) is 5.88 Å². The molecule has 3 rings (SSSR count). The summed E-state index contributed by atoms with van der Waals surface area (Å²) in [5.41, 5.74) is 1.43. The number of aryl methyl sites for hydroxylation is 1. The van der Waals surface area contributed by atoms with Gasteiger partial charge in [0, 0.05) is 12.3 Å². The van der Waals surface area contributed by atoms with Crippen LogP contribution in [0.15, 0.2) is 82.7 Å². The van der Waals surface area contributed by atoms with E-state index < -0.39 is 20.2 Å². The molecule has 9 heteroatoms. The third-order valence-electron chi connectivity index (χ3n) is 3.74. The summed E-state index contributed by atoms with van der Waals surface area (Å²) < 4.78 is 58.9. The van der Waals surface area contributed by atoms with E-state index in [1.165, 1.54) is 48.7 Å². The molecule has 0 bridgehead atoms. The van der Waals surface area contributed by atoms with Crippen molar-refractivity contribution in [1.29, 1.82) is 0 Å². The highest BCUT2D eigenvalue weighted by atomic mass is 32.2. The van der Waals surface area contributed by atoms with Gasteiger partial charge in [-0.05, 0) is 42.8 Å². The minimum Gasteiger partial charge on any atom is -0.358 e. The second-order valence-corrected chi connectivity index (χ2v) is 9.04. The van der Waals surface area contributed by atoms with Crippen molar-refractivity contribution >= 4 is 20.2 Å². The van der Waals surface area contributed by atoms with Crippen LogP contribution in [0.3, 0.4) is 0 Å². The van der Waals surface area contributed by atoms with Crippen molar-refractivity contribution in [2.45, 2.75) is 23.3 Å². The molecule has 0 spiro atoms. The van der Waals surface area contributed by atoms with Crippen LogP contribution in [0.4, 0.5) is 0 Å². The molecule has 0 saturated heterocycles. The minimum atomic E-state index is -4.04. The molecule has 0 atom stereocenters. The van der Waals surface area contributed by atoms with E-state index in [9.17, 15) is 16.8 Å². The summed E-state index contributed by atoms with van der Waals surface area (Å²) in [6.45, 7) is 1.63. The van der Waals surface area contributed by atoms with Gasteiger partial charge in [-0.25, -0.2) is 4.98 Å². The van der Waals surface area contributed by atoms with Gasteiger partial charge < -0.3 is 4.18 Å². The lowest BCUT2D eigenvalue weighted by molar-refractivity contribution is 0.308. The molecule has 28 heavy (non-hydrogen) atoms. The normalized spacial score (nSPS) is 11.9. The second-order valence-electron chi connectivity index (χ2n) is 5.88. The number of benzene rings is 2. The Morgan fingerprint density at radius 3 is 2.00 bits per heavy atom. The fourth-order valence-corrected chi connectivity index (χ4v) is 4.01. The summed E-state index contributed by atoms with van der Waals surface area (Å²) in [5.74, 6) is -0.0425. The molecule has 0 aliphatic rings. The summed E-state index contributed by atoms with van der Waals surface area (Å²) in [7, 11) is -7.95. The third-order valence-corrected chi connectivity index (χ3v) is 6.25. The predicted molar refractivity (Wildman–Crippen MR) is 102 cm³/mol. The van der Waals surface area contributed by atoms with E-state index in [1.807, 2.05) is 6.92 Å². The number of pyridine rings is 1. The SMILES string of the molecule is Cc1ccc(S(=O)(=O)OCc2ccc(S(=O)(=O)Oc3ccccn3)cc2)cc1. The van der Waals surface area contributed by atoms with Crippen molar-refractivity contribution < 1.29 is 25.2 Å². The molecule has 7 nitrogen and oxygen atoms in total. The Morgan fingerprint density at radius 2 is 1.39 bits per heavy atom. The monoisotopic (exact) mass is 419 g/mol. The fourth-order valence-electron chi connectivity index (χ4n) is 2.23. The van der Waals surface area contributed by atoms with Crippen LogP contribution in [0.1, 0.15) is 11.1 Å². The topological polar surface area (TPSA) is 99.6 Å². The first-order chi connectivity index (χ1) is 13.3. The zero-order valence-electron chi connectivity index (χ0n) is 14.8. The Hall–Kier alpha value is -2.75. The van der Waals surface area contributed by atoms with Crippen LogP contribution >= 0.6 is 0 Å². The number of hydrogen-bond donors (Lipinski definition) is 0. The van der Waals surface area contributed by atoms with E-state index in [1.54, 1.807) is 24.3 Å². The van der Waals surface area contributed by atoms with Crippen LogP contribution in [-0.2, 0) is 31.0 Å². The van der Waals surface area contributed by atoms with Gasteiger partial charge in [0.2, 0.25) is 5.88 Å². The molecule has 3 aromatic rings. The van der Waals surface area contributed by atoms with Crippen molar-refractivity contribution in [3.05, 3.63) is 84.1 Å². The van der Waals surface area contributed by atoms with Gasteiger partial charge in [0.15, 0.2) is 0 Å². The van der Waals surface area contributed by atoms with Crippen molar-refractivity contribution in [3.63, 3.8) is 0 Å². The summed E-state index contributed by atoms with van der Waals surface area (Å²) in [4.78, 5) is 3.79. The Labute approximate surface area is 163 Å². The molecular formula is C19H17NO6S2. The van der Waals surface area contributed by atoms with Crippen LogP contribution in [0.25, 0.3) is 0 Å². The summed E-state index contributed by atoms with van der Waals surface area (Å²) in [6.07, 6.45) is 1.42. The number of hydrogen-bond acceptors (Lipinski definition) is 7. The van der Waals surface area contributed by atoms with E-state index in [4.69, 9.17) is 8.37 Å². The number of nitrogens with zero attached hydrogens (tertiary/aromatic N) is 1. The molecule has 0 N–H and O–H groups in total. The maximum atomic E-state index is 12.3. The molecule has 2 aromatic carbocycles. The average molecular weight is 419 g/mol. The molecule has 1 heterocycles. The van der Waals surface area contributed by atoms with Crippen LogP contribution in [0, 0.1) is 6.92 Å². The van der Waals surface area contributed by atoms with Gasteiger partial charge in [-0.2, -0.15) is 16.8 Å². The summed E-state index contributed by atoms with van der Waals surface area (Å²) in [5, 5.41) is 0. The Kier molecular flexibility index (Phi) is 5.78. The first kappa shape index (κ1) is 20.0.